The highest BCUT2D eigenvalue weighted by molar-refractivity contribution is 6.30. The van der Waals surface area contributed by atoms with Crippen LogP contribution in [-0.4, -0.2) is 34.3 Å². The first-order chi connectivity index (χ1) is 18.8. The highest BCUT2D eigenvalue weighted by Crippen LogP contribution is 2.35. The van der Waals surface area contributed by atoms with E-state index in [0.29, 0.717) is 16.6 Å². The topological polar surface area (TPSA) is 90.8 Å². The molecule has 0 unspecified atom stereocenters. The van der Waals surface area contributed by atoms with Crippen molar-refractivity contribution < 1.29 is 19.5 Å². The number of carbonyl (C=O) groups is 3. The van der Waals surface area contributed by atoms with Gasteiger partial charge in [-0.2, -0.15) is 0 Å². The molecule has 1 heterocycles. The van der Waals surface area contributed by atoms with Gasteiger partial charge in [0.15, 0.2) is 0 Å². The molecular formula is C31H26ClN3O4. The van der Waals surface area contributed by atoms with Crippen molar-refractivity contribution in [3.05, 3.63) is 113 Å². The van der Waals surface area contributed by atoms with Crippen molar-refractivity contribution in [1.82, 2.24) is 4.98 Å². The van der Waals surface area contributed by atoms with Crippen LogP contribution in [0, 0.1) is 5.92 Å². The molecule has 196 valence electrons. The van der Waals surface area contributed by atoms with Gasteiger partial charge in [-0.3, -0.25) is 19.5 Å². The number of benzene rings is 3. The van der Waals surface area contributed by atoms with Crippen LogP contribution >= 0.6 is 11.6 Å². The Hall–Kier alpha value is -4.49. The summed E-state index contributed by atoms with van der Waals surface area (Å²) in [5.74, 6) is -1.36. The number of carbonyl (C=O) groups excluding carboxylic acids is 2. The van der Waals surface area contributed by atoms with E-state index in [2.05, 4.69) is 9.88 Å². The molecule has 0 atom stereocenters. The van der Waals surface area contributed by atoms with Crippen LogP contribution < -0.4 is 9.80 Å². The molecule has 1 amide bonds. The van der Waals surface area contributed by atoms with E-state index in [1.165, 1.54) is 42.9 Å². The molecule has 39 heavy (non-hydrogen) atoms. The minimum atomic E-state index is -1.20. The number of ketones is 1. The van der Waals surface area contributed by atoms with Gasteiger partial charge in [-0.1, -0.05) is 29.8 Å². The van der Waals surface area contributed by atoms with E-state index in [0.717, 1.165) is 17.9 Å². The number of para-hydroxylation sites is 1. The van der Waals surface area contributed by atoms with Crippen LogP contribution in [0.4, 0.5) is 22.7 Å². The number of carboxylic acid groups (broad SMARTS) is 1. The van der Waals surface area contributed by atoms with Crippen LogP contribution in [0.5, 0.6) is 0 Å². The van der Waals surface area contributed by atoms with Gasteiger partial charge in [0.2, 0.25) is 11.7 Å². The number of carboxylic acids is 1. The zero-order valence-electron chi connectivity index (χ0n) is 21.3. The zero-order chi connectivity index (χ0) is 27.5. The maximum atomic E-state index is 13.5. The Bertz CT molecular complexity index is 1520. The van der Waals surface area contributed by atoms with E-state index in [4.69, 9.17) is 11.6 Å². The number of aromatic carboxylic acids is 1. The molecule has 1 aliphatic rings. The summed E-state index contributed by atoms with van der Waals surface area (Å²) in [5, 5.41) is 10.4. The molecule has 1 N–H and O–H groups in total. The number of amides is 1. The van der Waals surface area contributed by atoms with E-state index >= 15 is 0 Å². The number of nitrogens with zero attached hydrogens (tertiary/aromatic N) is 3. The van der Waals surface area contributed by atoms with Crippen molar-refractivity contribution in [2.24, 2.45) is 5.92 Å². The Balaban J connectivity index is 1.48. The Kier molecular flexibility index (Phi) is 7.43. The second-order valence-corrected chi connectivity index (χ2v) is 9.96. The lowest BCUT2D eigenvalue weighted by Crippen LogP contribution is -2.23. The molecule has 0 saturated heterocycles. The lowest BCUT2D eigenvalue weighted by molar-refractivity contribution is -0.115. The van der Waals surface area contributed by atoms with E-state index < -0.39 is 11.8 Å². The quantitative estimate of drug-likeness (QED) is 0.233. The standard InChI is InChI=1S/C31H26ClN3O4/c1-20(36)35(26-5-3-2-4-6-26)28-16-22(15-23(17-28)31(38)39)30(37)29-14-13-27(18-33-29)34(19-21-7-8-21)25-11-9-24(32)10-12-25/h2-6,9-18,21H,7-8,19H2,1H3,(H,38,39). The first-order valence-electron chi connectivity index (χ1n) is 12.6. The minimum Gasteiger partial charge on any atom is -0.478 e. The summed E-state index contributed by atoms with van der Waals surface area (Å²) in [6, 6.07) is 24.1. The molecule has 0 aliphatic heterocycles. The van der Waals surface area contributed by atoms with Crippen LogP contribution in [0.3, 0.4) is 0 Å². The second kappa shape index (κ2) is 11.1. The molecular weight excluding hydrogens is 514 g/mol. The third-order valence-electron chi connectivity index (χ3n) is 6.58. The smallest absolute Gasteiger partial charge is 0.335 e. The van der Waals surface area contributed by atoms with Gasteiger partial charge in [-0.05, 0) is 85.5 Å². The molecule has 0 bridgehead atoms. The lowest BCUT2D eigenvalue weighted by Gasteiger charge is -2.25. The predicted molar refractivity (Wildman–Crippen MR) is 152 cm³/mol. The van der Waals surface area contributed by atoms with Gasteiger partial charge in [-0.15, -0.1) is 0 Å². The number of halogens is 1. The first kappa shape index (κ1) is 26.1. The molecule has 8 heteroatoms. The van der Waals surface area contributed by atoms with Crippen LogP contribution in [0.2, 0.25) is 5.02 Å². The van der Waals surface area contributed by atoms with E-state index in [-0.39, 0.29) is 28.4 Å². The number of hydrogen-bond acceptors (Lipinski definition) is 5. The van der Waals surface area contributed by atoms with Gasteiger partial charge in [0.25, 0.3) is 0 Å². The summed E-state index contributed by atoms with van der Waals surface area (Å²) in [6.45, 7) is 2.22. The predicted octanol–water partition coefficient (Wildman–Crippen LogP) is 6.90. The highest BCUT2D eigenvalue weighted by Gasteiger charge is 2.26. The molecule has 1 fully saturated rings. The number of pyridine rings is 1. The summed E-state index contributed by atoms with van der Waals surface area (Å²) in [4.78, 5) is 45.9. The largest absolute Gasteiger partial charge is 0.478 e. The zero-order valence-corrected chi connectivity index (χ0v) is 22.0. The Morgan fingerprint density at radius 3 is 2.10 bits per heavy atom. The SMILES string of the molecule is CC(=O)N(c1ccccc1)c1cc(C(=O)O)cc(C(=O)c2ccc(N(CC3CC3)c3ccc(Cl)cc3)cn2)c1. The van der Waals surface area contributed by atoms with Crippen LogP contribution in [-0.2, 0) is 4.79 Å². The van der Waals surface area contributed by atoms with Crippen molar-refractivity contribution in [2.75, 3.05) is 16.3 Å². The van der Waals surface area contributed by atoms with Crippen LogP contribution in [0.25, 0.3) is 0 Å². The molecule has 4 aromatic rings. The summed E-state index contributed by atoms with van der Waals surface area (Å²) < 4.78 is 0. The fourth-order valence-electron chi connectivity index (χ4n) is 4.45. The fraction of sp³-hybridized carbons (Fsp3) is 0.161. The molecule has 5 rings (SSSR count). The average Bonchev–Trinajstić information content (AvgIpc) is 3.77. The van der Waals surface area contributed by atoms with Crippen molar-refractivity contribution >= 4 is 52.0 Å². The van der Waals surface area contributed by atoms with Crippen molar-refractivity contribution in [2.45, 2.75) is 19.8 Å². The highest BCUT2D eigenvalue weighted by atomic mass is 35.5. The maximum absolute atomic E-state index is 13.5. The maximum Gasteiger partial charge on any atom is 0.335 e. The Labute approximate surface area is 231 Å². The van der Waals surface area contributed by atoms with Gasteiger partial charge >= 0.3 is 5.97 Å². The number of hydrogen-bond donors (Lipinski definition) is 1. The molecule has 0 spiro atoms. The van der Waals surface area contributed by atoms with Gasteiger partial charge < -0.3 is 10.0 Å². The summed E-state index contributed by atoms with van der Waals surface area (Å²) in [6.07, 6.45) is 4.01. The molecule has 0 radical (unpaired) electrons. The first-order valence-corrected chi connectivity index (χ1v) is 13.0. The minimum absolute atomic E-state index is 0.104. The summed E-state index contributed by atoms with van der Waals surface area (Å²) >= 11 is 6.08. The third kappa shape index (κ3) is 5.99. The lowest BCUT2D eigenvalue weighted by atomic mass is 10.0. The number of anilines is 4. The van der Waals surface area contributed by atoms with Crippen LogP contribution in [0.15, 0.2) is 91.1 Å². The average molecular weight is 540 g/mol. The van der Waals surface area contributed by atoms with E-state index in [1.807, 2.05) is 36.4 Å². The molecule has 1 aromatic heterocycles. The molecule has 7 nitrogen and oxygen atoms in total. The second-order valence-electron chi connectivity index (χ2n) is 9.52. The third-order valence-corrected chi connectivity index (χ3v) is 6.83. The number of aromatic nitrogens is 1. The van der Waals surface area contributed by atoms with Crippen molar-refractivity contribution in [3.63, 3.8) is 0 Å². The van der Waals surface area contributed by atoms with Crippen molar-refractivity contribution in [3.8, 4) is 0 Å². The number of rotatable bonds is 9. The van der Waals surface area contributed by atoms with Gasteiger partial charge in [0, 0.05) is 35.4 Å². The Morgan fingerprint density at radius 1 is 0.846 bits per heavy atom. The van der Waals surface area contributed by atoms with Gasteiger partial charge in [0.05, 0.1) is 23.1 Å². The fourth-order valence-corrected chi connectivity index (χ4v) is 4.58. The molecule has 1 saturated carbocycles. The van der Waals surface area contributed by atoms with Crippen LogP contribution in [0.1, 0.15) is 46.2 Å². The summed E-state index contributed by atoms with van der Waals surface area (Å²) in [5.41, 5.74) is 2.86. The molecule has 3 aromatic carbocycles. The normalized spacial score (nSPS) is 12.6. The monoisotopic (exact) mass is 539 g/mol. The van der Waals surface area contributed by atoms with E-state index in [1.54, 1.807) is 36.5 Å². The summed E-state index contributed by atoms with van der Waals surface area (Å²) in [7, 11) is 0. The van der Waals surface area contributed by atoms with Crippen molar-refractivity contribution in [1.29, 1.82) is 0 Å². The molecule has 1 aliphatic carbocycles. The Morgan fingerprint density at radius 2 is 1.51 bits per heavy atom. The van der Waals surface area contributed by atoms with Gasteiger partial charge in [-0.25, -0.2) is 4.79 Å². The van der Waals surface area contributed by atoms with Gasteiger partial charge in [0.1, 0.15) is 5.69 Å². The van der Waals surface area contributed by atoms with E-state index in [9.17, 15) is 19.5 Å².